The van der Waals surface area contributed by atoms with E-state index in [1.54, 1.807) is 0 Å². The fourth-order valence-corrected chi connectivity index (χ4v) is 2.61. The second kappa shape index (κ2) is 6.27. The zero-order chi connectivity index (χ0) is 18.2. The maximum atomic E-state index is 13.0. The third-order valence-corrected chi connectivity index (χ3v) is 3.94. The quantitative estimate of drug-likeness (QED) is 0.793. The zero-order valence-corrected chi connectivity index (χ0v) is 13.7. The molecule has 132 valence electrons. The Bertz CT molecular complexity index is 881. The molecule has 2 aromatic rings. The summed E-state index contributed by atoms with van der Waals surface area (Å²) in [7, 11) is 3.24. The monoisotopic (exact) mass is 351 g/mol. The van der Waals surface area contributed by atoms with Crippen molar-refractivity contribution < 1.29 is 22.7 Å². The van der Waals surface area contributed by atoms with Gasteiger partial charge < -0.3 is 9.64 Å². The predicted octanol–water partition coefficient (Wildman–Crippen LogP) is 3.32. The zero-order valence-electron chi connectivity index (χ0n) is 13.7. The van der Waals surface area contributed by atoms with E-state index in [-0.39, 0.29) is 29.2 Å². The number of fused-ring (bicyclic) bond motifs is 1. The molecular weight excluding hydrogens is 335 g/mol. The lowest BCUT2D eigenvalue weighted by molar-refractivity contribution is -0.141. The van der Waals surface area contributed by atoms with Crippen LogP contribution in [0.5, 0.6) is 5.88 Å². The number of Topliss-reactive ketones (excluding diaryl/α,β-unsaturated/α-hetero) is 1. The Morgan fingerprint density at radius 3 is 2.72 bits per heavy atom. The van der Waals surface area contributed by atoms with E-state index in [9.17, 15) is 18.0 Å². The minimum atomic E-state index is -4.60. The molecule has 0 fully saturated rings. The van der Waals surface area contributed by atoms with Crippen LogP contribution in [0.25, 0.3) is 5.52 Å². The maximum Gasteiger partial charge on any atom is 0.435 e. The van der Waals surface area contributed by atoms with Crippen LogP contribution in [0.15, 0.2) is 42.1 Å². The smallest absolute Gasteiger partial charge is 0.435 e. The predicted molar refractivity (Wildman–Crippen MR) is 85.5 cm³/mol. The highest BCUT2D eigenvalue weighted by atomic mass is 19.4. The van der Waals surface area contributed by atoms with Crippen molar-refractivity contribution in [2.75, 3.05) is 20.7 Å². The van der Waals surface area contributed by atoms with Gasteiger partial charge in [0, 0.05) is 31.6 Å². The van der Waals surface area contributed by atoms with Crippen molar-refractivity contribution in [1.29, 1.82) is 0 Å². The van der Waals surface area contributed by atoms with Crippen LogP contribution < -0.4 is 4.74 Å². The third kappa shape index (κ3) is 3.38. The van der Waals surface area contributed by atoms with Gasteiger partial charge in [-0.15, -0.1) is 0 Å². The van der Waals surface area contributed by atoms with Crippen LogP contribution in [0.3, 0.4) is 0 Å². The molecule has 25 heavy (non-hydrogen) atoms. The molecule has 0 radical (unpaired) electrons. The van der Waals surface area contributed by atoms with Crippen LogP contribution in [0.1, 0.15) is 22.5 Å². The van der Waals surface area contributed by atoms with Crippen molar-refractivity contribution in [3.63, 3.8) is 0 Å². The molecule has 0 aliphatic carbocycles. The first-order valence-electron chi connectivity index (χ1n) is 7.54. The number of likely N-dealkylation sites (N-methyl/N-ethyl adjacent to an activating group) is 1. The van der Waals surface area contributed by atoms with Crippen molar-refractivity contribution in [3.05, 3.63) is 53.4 Å². The number of methoxy groups -OCH3 is 1. The summed E-state index contributed by atoms with van der Waals surface area (Å²) in [5, 5.41) is 3.53. The van der Waals surface area contributed by atoms with Crippen LogP contribution in [0.4, 0.5) is 13.2 Å². The molecule has 5 nitrogen and oxygen atoms in total. The van der Waals surface area contributed by atoms with Gasteiger partial charge in [0.1, 0.15) is 0 Å². The molecule has 0 saturated heterocycles. The molecule has 0 amide bonds. The lowest BCUT2D eigenvalue weighted by atomic mass is 10.0. The van der Waals surface area contributed by atoms with Gasteiger partial charge in [0.15, 0.2) is 11.5 Å². The fourth-order valence-electron chi connectivity index (χ4n) is 2.61. The second-order valence-corrected chi connectivity index (χ2v) is 5.75. The molecule has 3 heterocycles. The largest absolute Gasteiger partial charge is 0.481 e. The molecule has 0 aromatic carbocycles. The standard InChI is InChI=1S/C17H16F3N3O2/c1-22-7-5-11(6-8-22)9-14(24)12-3-4-16(25-2)23-13(12)10-15(21-23)17(18,19)20/h3-7,10H,8-9H2,1-2H3. The molecule has 0 saturated carbocycles. The van der Waals surface area contributed by atoms with Gasteiger partial charge in [-0.3, -0.25) is 4.79 Å². The number of ether oxygens (including phenoxy) is 1. The summed E-state index contributed by atoms with van der Waals surface area (Å²) in [5.74, 6) is -0.151. The third-order valence-electron chi connectivity index (χ3n) is 3.94. The number of allylic oxidation sites excluding steroid dienone is 2. The van der Waals surface area contributed by atoms with Crippen molar-refractivity contribution in [1.82, 2.24) is 14.5 Å². The highest BCUT2D eigenvalue weighted by molar-refractivity contribution is 6.03. The number of alkyl halides is 3. The molecular formula is C17H16F3N3O2. The van der Waals surface area contributed by atoms with Gasteiger partial charge >= 0.3 is 6.18 Å². The van der Waals surface area contributed by atoms with E-state index in [2.05, 4.69) is 5.10 Å². The first kappa shape index (κ1) is 17.1. The number of rotatable bonds is 4. The normalized spacial score (nSPS) is 14.8. The molecule has 3 rings (SSSR count). The number of hydrogen-bond acceptors (Lipinski definition) is 4. The molecule has 0 bridgehead atoms. The molecule has 8 heteroatoms. The Morgan fingerprint density at radius 2 is 2.12 bits per heavy atom. The van der Waals surface area contributed by atoms with Crippen LogP contribution in [0, 0.1) is 0 Å². The number of aromatic nitrogens is 2. The summed E-state index contributed by atoms with van der Waals surface area (Å²) in [4.78, 5) is 14.6. The number of ketones is 1. The van der Waals surface area contributed by atoms with Gasteiger partial charge in [0.05, 0.1) is 12.6 Å². The number of halogens is 3. The summed E-state index contributed by atoms with van der Waals surface area (Å²) in [6.07, 6.45) is 1.10. The average molecular weight is 351 g/mol. The Morgan fingerprint density at radius 1 is 1.36 bits per heavy atom. The van der Waals surface area contributed by atoms with Crippen LogP contribution in [-0.2, 0) is 6.18 Å². The number of carbonyl (C=O) groups is 1. The van der Waals surface area contributed by atoms with Crippen molar-refractivity contribution in [2.45, 2.75) is 12.6 Å². The van der Waals surface area contributed by atoms with Gasteiger partial charge in [-0.05, 0) is 30.0 Å². The Balaban J connectivity index is 2.00. The SMILES string of the molecule is COc1ccc(C(=O)CC2=CCN(C)C=C2)c2cc(C(F)(F)F)nn12. The van der Waals surface area contributed by atoms with Gasteiger partial charge in [-0.25, -0.2) is 0 Å². The number of pyridine rings is 1. The topological polar surface area (TPSA) is 46.8 Å². The lowest BCUT2D eigenvalue weighted by Crippen LogP contribution is -2.14. The molecule has 0 N–H and O–H groups in total. The van der Waals surface area contributed by atoms with Crippen LogP contribution in [-0.4, -0.2) is 41.0 Å². The Kier molecular flexibility index (Phi) is 4.28. The molecule has 0 spiro atoms. The lowest BCUT2D eigenvalue weighted by Gasteiger charge is -2.16. The summed E-state index contributed by atoms with van der Waals surface area (Å²) in [5.41, 5.74) is 0.0169. The van der Waals surface area contributed by atoms with Crippen LogP contribution >= 0.6 is 0 Å². The average Bonchev–Trinajstić information content (AvgIpc) is 3.01. The Labute approximate surface area is 142 Å². The maximum absolute atomic E-state index is 13.0. The molecule has 1 aliphatic heterocycles. The molecule has 0 unspecified atom stereocenters. The fraction of sp³-hybridized carbons (Fsp3) is 0.294. The molecule has 1 aliphatic rings. The number of hydrogen-bond donors (Lipinski definition) is 0. The first-order chi connectivity index (χ1) is 11.8. The van der Waals surface area contributed by atoms with E-state index in [0.717, 1.165) is 16.2 Å². The minimum Gasteiger partial charge on any atom is -0.481 e. The van der Waals surface area contributed by atoms with Gasteiger partial charge in [0.25, 0.3) is 0 Å². The molecule has 2 aromatic heterocycles. The van der Waals surface area contributed by atoms with E-state index >= 15 is 0 Å². The van der Waals surface area contributed by atoms with E-state index in [1.165, 1.54) is 19.2 Å². The Hall–Kier alpha value is -2.77. The highest BCUT2D eigenvalue weighted by Gasteiger charge is 2.35. The van der Waals surface area contributed by atoms with Gasteiger partial charge in [-0.1, -0.05) is 6.08 Å². The number of carbonyl (C=O) groups excluding carboxylic acids is 1. The summed E-state index contributed by atoms with van der Waals surface area (Å²) in [6.45, 7) is 0.683. The summed E-state index contributed by atoms with van der Waals surface area (Å²) in [6, 6.07) is 3.78. The van der Waals surface area contributed by atoms with E-state index in [4.69, 9.17) is 4.74 Å². The van der Waals surface area contributed by atoms with Crippen molar-refractivity contribution in [3.8, 4) is 5.88 Å². The molecule has 0 atom stereocenters. The van der Waals surface area contributed by atoms with E-state index in [0.29, 0.717) is 6.54 Å². The van der Waals surface area contributed by atoms with Crippen LogP contribution in [0.2, 0.25) is 0 Å². The summed E-state index contributed by atoms with van der Waals surface area (Å²) >= 11 is 0. The minimum absolute atomic E-state index is 0.0779. The van der Waals surface area contributed by atoms with Gasteiger partial charge in [-0.2, -0.15) is 22.8 Å². The van der Waals surface area contributed by atoms with Crippen molar-refractivity contribution >= 4 is 11.3 Å². The first-order valence-corrected chi connectivity index (χ1v) is 7.54. The van der Waals surface area contributed by atoms with E-state index in [1.807, 2.05) is 30.3 Å². The highest BCUT2D eigenvalue weighted by Crippen LogP contribution is 2.31. The van der Waals surface area contributed by atoms with E-state index < -0.39 is 11.9 Å². The van der Waals surface area contributed by atoms with Crippen molar-refractivity contribution in [2.24, 2.45) is 0 Å². The number of nitrogens with zero attached hydrogens (tertiary/aromatic N) is 3. The van der Waals surface area contributed by atoms with Gasteiger partial charge in [0.2, 0.25) is 5.88 Å². The summed E-state index contributed by atoms with van der Waals surface area (Å²) < 4.78 is 45.0. The second-order valence-electron chi connectivity index (χ2n) is 5.75.